The number of aromatic nitrogens is 3. The molecule has 2 aliphatic heterocycles. The largest absolute Gasteiger partial charge is 0.390 e. The summed E-state index contributed by atoms with van der Waals surface area (Å²) in [4.78, 5) is 22.7. The number of aryl methyl sites for hydroxylation is 1. The number of amides is 1. The van der Waals surface area contributed by atoms with Gasteiger partial charge in [0.25, 0.3) is 5.91 Å². The average Bonchev–Trinajstić information content (AvgIpc) is 3.61. The predicted molar refractivity (Wildman–Crippen MR) is 180 cm³/mol. The van der Waals surface area contributed by atoms with Crippen molar-refractivity contribution in [1.82, 2.24) is 19.0 Å². The molecule has 0 saturated carbocycles. The number of halogens is 3. The Bertz CT molecular complexity index is 1640. The number of benzene rings is 2. The van der Waals surface area contributed by atoms with Crippen molar-refractivity contribution in [1.29, 1.82) is 0 Å². The zero-order chi connectivity index (χ0) is 29.2. The lowest BCUT2D eigenvalue weighted by Crippen LogP contribution is -2.38. The number of likely N-dealkylation sites (tertiary alicyclic amines) is 1. The van der Waals surface area contributed by atoms with Crippen molar-refractivity contribution >= 4 is 78.7 Å². The zero-order valence-corrected chi connectivity index (χ0v) is 28.2. The van der Waals surface area contributed by atoms with Gasteiger partial charge in [0.1, 0.15) is 11.3 Å². The van der Waals surface area contributed by atoms with Crippen LogP contribution >= 0.6 is 45.2 Å². The number of carbonyl (C=O) groups is 1. The zero-order valence-electron chi connectivity index (χ0n) is 23.9. The summed E-state index contributed by atoms with van der Waals surface area (Å²) >= 11 is 4.70. The van der Waals surface area contributed by atoms with Crippen molar-refractivity contribution in [2.24, 2.45) is 13.0 Å². The first-order valence-corrected chi connectivity index (χ1v) is 17.1. The molecule has 1 fully saturated rings. The Morgan fingerprint density at radius 1 is 1.20 bits per heavy atom. The van der Waals surface area contributed by atoms with Crippen molar-refractivity contribution in [2.75, 3.05) is 29.0 Å². The highest BCUT2D eigenvalue weighted by molar-refractivity contribution is 14.1. The summed E-state index contributed by atoms with van der Waals surface area (Å²) in [6, 6.07) is 11.8. The number of carbonyl (C=O) groups excluding carboxylic acids is 1. The molecule has 1 N–H and O–H groups in total. The van der Waals surface area contributed by atoms with Gasteiger partial charge in [0, 0.05) is 42.1 Å². The number of imidazole rings is 1. The number of fused-ring (bicyclic) bond motifs is 1. The quantitative estimate of drug-likeness (QED) is 0.126. The monoisotopic (exact) mass is 783 g/mol. The molecule has 10 heteroatoms. The van der Waals surface area contributed by atoms with E-state index in [1.807, 2.05) is 30.4 Å². The second-order valence-corrected chi connectivity index (χ2v) is 14.5. The van der Waals surface area contributed by atoms with Crippen molar-refractivity contribution in [3.8, 4) is 11.5 Å². The smallest absolute Gasteiger partial charge is 0.254 e. The van der Waals surface area contributed by atoms with E-state index >= 15 is 4.39 Å². The third-order valence-electron chi connectivity index (χ3n) is 8.64. The number of para-hydroxylation sites is 1. The van der Waals surface area contributed by atoms with Crippen LogP contribution in [0.2, 0.25) is 0 Å². The fourth-order valence-electron chi connectivity index (χ4n) is 6.44. The molecule has 2 aliphatic rings. The summed E-state index contributed by atoms with van der Waals surface area (Å²) in [6.07, 6.45) is 2.56. The van der Waals surface area contributed by atoms with Crippen molar-refractivity contribution < 1.29 is 14.3 Å². The number of hydrogen-bond donors (Lipinski definition) is 1. The third kappa shape index (κ3) is 5.15. The van der Waals surface area contributed by atoms with Crippen LogP contribution in [0.5, 0.6) is 0 Å². The summed E-state index contributed by atoms with van der Waals surface area (Å²) in [7, 11) is 1.85. The molecule has 1 unspecified atom stereocenters. The van der Waals surface area contributed by atoms with Crippen molar-refractivity contribution in [2.45, 2.75) is 55.7 Å². The lowest BCUT2D eigenvalue weighted by atomic mass is 10.0. The van der Waals surface area contributed by atoms with Gasteiger partial charge in [-0.15, -0.1) is 0 Å². The maximum atomic E-state index is 15.7. The van der Waals surface area contributed by atoms with Gasteiger partial charge in [0.15, 0.2) is 5.82 Å². The average molecular weight is 783 g/mol. The normalized spacial score (nSPS) is 21.0. The molecule has 2 aromatic carbocycles. The molecule has 4 heterocycles. The number of nitrogens with zero attached hydrogens (tertiary/aromatic N) is 5. The third-order valence-corrected chi connectivity index (χ3v) is 11.1. The molecule has 3 atom stereocenters. The van der Waals surface area contributed by atoms with Crippen LogP contribution < -0.4 is 4.90 Å². The van der Waals surface area contributed by atoms with E-state index in [0.29, 0.717) is 41.3 Å². The molecule has 0 aliphatic carbocycles. The van der Waals surface area contributed by atoms with E-state index in [1.165, 1.54) is 6.07 Å². The number of aliphatic hydroxyl groups is 1. The minimum absolute atomic E-state index is 0.113. The molecule has 218 valence electrons. The highest BCUT2D eigenvalue weighted by atomic mass is 127. The molecule has 7 nitrogen and oxygen atoms in total. The van der Waals surface area contributed by atoms with E-state index in [9.17, 15) is 9.90 Å². The van der Waals surface area contributed by atoms with E-state index in [2.05, 4.69) is 85.8 Å². The van der Waals surface area contributed by atoms with Gasteiger partial charge in [0.05, 0.1) is 38.1 Å². The maximum absolute atomic E-state index is 15.7. The molecule has 1 amide bonds. The van der Waals surface area contributed by atoms with Gasteiger partial charge in [-0.3, -0.25) is 4.79 Å². The van der Waals surface area contributed by atoms with E-state index in [1.54, 1.807) is 6.07 Å². The lowest BCUT2D eigenvalue weighted by Gasteiger charge is -2.37. The Morgan fingerprint density at radius 2 is 1.98 bits per heavy atom. The van der Waals surface area contributed by atoms with Crippen LogP contribution in [0.15, 0.2) is 36.4 Å². The molecule has 6 rings (SSSR count). The Labute approximate surface area is 267 Å². The van der Waals surface area contributed by atoms with Crippen LogP contribution in [0.1, 0.15) is 56.4 Å². The highest BCUT2D eigenvalue weighted by Crippen LogP contribution is 2.42. The summed E-state index contributed by atoms with van der Waals surface area (Å²) in [5.41, 5.74) is 3.76. The number of hydrogen-bond acceptors (Lipinski definition) is 4. The van der Waals surface area contributed by atoms with Crippen LogP contribution in [0.3, 0.4) is 0 Å². The molecule has 4 aromatic rings. The first kappa shape index (κ1) is 29.2. The second-order valence-electron chi connectivity index (χ2n) is 12.2. The molecule has 2 aromatic heterocycles. The number of alkyl halides is 2. The Hall–Kier alpha value is -1.93. The van der Waals surface area contributed by atoms with Crippen LogP contribution in [-0.4, -0.2) is 63.7 Å². The summed E-state index contributed by atoms with van der Waals surface area (Å²) in [5.74, 6) is 0.600. The molecule has 0 bridgehead atoms. The van der Waals surface area contributed by atoms with Crippen LogP contribution in [0.4, 0.5) is 10.1 Å². The SMILES string of the molecule is CCC1CN(CCC(C)(C)O)c2cccc3cc(-c4nc5cc(C(=O)N6C[C@@H](CI)C[C@H]6I)cc(F)c5n4C)n1c23. The molecule has 1 saturated heterocycles. The summed E-state index contributed by atoms with van der Waals surface area (Å²) < 4.78 is 21.0. The Balaban J connectivity index is 1.44. The molecule has 0 spiro atoms. The highest BCUT2D eigenvalue weighted by Gasteiger charge is 2.35. The van der Waals surface area contributed by atoms with Crippen LogP contribution in [0.25, 0.3) is 33.5 Å². The Morgan fingerprint density at radius 3 is 2.66 bits per heavy atom. The van der Waals surface area contributed by atoms with E-state index in [4.69, 9.17) is 4.98 Å². The first-order chi connectivity index (χ1) is 19.5. The van der Waals surface area contributed by atoms with Gasteiger partial charge in [-0.25, -0.2) is 9.37 Å². The molecule has 0 radical (unpaired) electrons. The molecule has 41 heavy (non-hydrogen) atoms. The van der Waals surface area contributed by atoms with E-state index < -0.39 is 11.4 Å². The van der Waals surface area contributed by atoms with Crippen LogP contribution in [-0.2, 0) is 7.05 Å². The van der Waals surface area contributed by atoms with E-state index in [-0.39, 0.29) is 16.0 Å². The predicted octanol–water partition coefficient (Wildman–Crippen LogP) is 6.92. The number of anilines is 1. The maximum Gasteiger partial charge on any atom is 0.254 e. The summed E-state index contributed by atoms with van der Waals surface area (Å²) in [6.45, 7) is 8.19. The van der Waals surface area contributed by atoms with E-state index in [0.717, 1.165) is 52.6 Å². The Kier molecular flexibility index (Phi) is 7.80. The second kappa shape index (κ2) is 11.0. The van der Waals surface area contributed by atoms with Gasteiger partial charge in [-0.05, 0) is 63.3 Å². The summed E-state index contributed by atoms with van der Waals surface area (Å²) in [5, 5.41) is 11.5. The first-order valence-electron chi connectivity index (χ1n) is 14.3. The van der Waals surface area contributed by atoms with Gasteiger partial charge >= 0.3 is 0 Å². The van der Waals surface area contributed by atoms with Gasteiger partial charge in [0.2, 0.25) is 0 Å². The minimum Gasteiger partial charge on any atom is -0.390 e. The standard InChI is InChI=1S/C31H36FI2N5O2/c1-5-21-17-37(10-9-31(2,3)41)24-8-6-7-19-14-25(39(21)27(19)24)29-35-23-13-20(12-22(32)28(23)36(29)4)30(40)38-16-18(15-33)11-26(38)34/h6-8,12-14,18,21,26,41H,5,9-11,15-17H2,1-4H3/t18-,21?,26+/m1/s1. The van der Waals surface area contributed by atoms with Crippen molar-refractivity contribution in [3.05, 3.63) is 47.8 Å². The number of rotatable bonds is 7. The fourth-order valence-corrected chi connectivity index (χ4v) is 8.28. The van der Waals surface area contributed by atoms with Gasteiger partial charge < -0.3 is 24.0 Å². The van der Waals surface area contributed by atoms with Crippen LogP contribution in [0, 0.1) is 11.7 Å². The molecular weight excluding hydrogens is 747 g/mol. The fraction of sp³-hybridized carbons (Fsp3) is 0.484. The lowest BCUT2D eigenvalue weighted by molar-refractivity contribution is 0.0727. The minimum atomic E-state index is -0.735. The van der Waals surface area contributed by atoms with Gasteiger partial charge in [-0.1, -0.05) is 64.2 Å². The van der Waals surface area contributed by atoms with Crippen molar-refractivity contribution in [3.63, 3.8) is 0 Å². The molecular formula is C31H36FI2N5O2. The van der Waals surface area contributed by atoms with Gasteiger partial charge in [-0.2, -0.15) is 0 Å². The topological polar surface area (TPSA) is 66.5 Å².